The fraction of sp³-hybridized carbons (Fsp3) is 0.942. The molecule has 0 spiro atoms. The molecular weight excluding hydrogens is 1160 g/mol. The minimum atomic E-state index is -4.95. The first kappa shape index (κ1) is 86.1. The molecule has 7 atom stereocenters. The zero-order valence-electron chi connectivity index (χ0n) is 57.0. The van der Waals surface area contributed by atoms with E-state index < -0.39 is 97.5 Å². The lowest BCUT2D eigenvalue weighted by atomic mass is 10.00. The Bertz CT molecular complexity index is 1720. The SMILES string of the molecule is CCCCCCCCCCCCCCCCC(=O)OC[C@H](COP(=O)(O)OC[C@@H](O)COP(=O)(O)OC[C@@H](COC(=O)CCCCCCCCC(C)CC)OC(=O)CCCCCCCCC(C)CC)OC(=O)CCCCCCCCCCCCCCCC. The van der Waals surface area contributed by atoms with Crippen molar-refractivity contribution in [2.24, 2.45) is 11.8 Å². The maximum absolute atomic E-state index is 13.0. The van der Waals surface area contributed by atoms with Crippen LogP contribution in [0.1, 0.15) is 350 Å². The quantitative estimate of drug-likeness (QED) is 0.0222. The molecule has 0 heterocycles. The molecule has 0 aliphatic carbocycles. The Morgan fingerprint density at radius 1 is 0.318 bits per heavy atom. The van der Waals surface area contributed by atoms with Gasteiger partial charge in [-0.25, -0.2) is 9.13 Å². The second-order valence-electron chi connectivity index (χ2n) is 25.4. The van der Waals surface area contributed by atoms with Gasteiger partial charge in [0.05, 0.1) is 26.4 Å². The second-order valence-corrected chi connectivity index (χ2v) is 28.3. The van der Waals surface area contributed by atoms with Crippen LogP contribution in [0.3, 0.4) is 0 Å². The Morgan fingerprint density at radius 2 is 0.545 bits per heavy atom. The Balaban J connectivity index is 5.25. The van der Waals surface area contributed by atoms with Crippen LogP contribution in [0, 0.1) is 11.8 Å². The van der Waals surface area contributed by atoms with Crippen molar-refractivity contribution in [3.63, 3.8) is 0 Å². The van der Waals surface area contributed by atoms with Crippen molar-refractivity contribution in [3.8, 4) is 0 Å². The summed E-state index contributed by atoms with van der Waals surface area (Å²) in [5.41, 5.74) is 0. The molecule has 17 nitrogen and oxygen atoms in total. The van der Waals surface area contributed by atoms with Gasteiger partial charge >= 0.3 is 39.5 Å². The molecule has 0 fully saturated rings. The summed E-state index contributed by atoms with van der Waals surface area (Å²) >= 11 is 0. The molecule has 0 bridgehead atoms. The fourth-order valence-electron chi connectivity index (χ4n) is 10.4. The van der Waals surface area contributed by atoms with Crippen molar-refractivity contribution in [3.05, 3.63) is 0 Å². The van der Waals surface area contributed by atoms with Gasteiger partial charge in [0.2, 0.25) is 0 Å². The molecule has 0 rings (SSSR count). The van der Waals surface area contributed by atoms with Gasteiger partial charge in [0.15, 0.2) is 12.2 Å². The summed E-state index contributed by atoms with van der Waals surface area (Å²) in [5.74, 6) is -0.677. The molecule has 0 saturated carbocycles. The number of aliphatic hydroxyl groups excluding tert-OH is 1. The predicted octanol–water partition coefficient (Wildman–Crippen LogP) is 19.6. The first-order valence-corrected chi connectivity index (χ1v) is 39.1. The summed E-state index contributed by atoms with van der Waals surface area (Å²) in [6, 6.07) is 0. The standard InChI is InChI=1S/C69H134O17P2/c1-7-11-13-15-17-19-21-23-25-27-29-31-39-45-51-66(71)79-57-64(85-68(73)53-47-41-32-30-28-26-24-22-20-18-16-14-12-8-2)59-83-87(75,76)81-55-63(70)56-82-88(77,78)84-60-65(86-69(74)54-48-42-36-34-38-44-50-62(6)10-4)58-80-67(72)52-46-40-35-33-37-43-49-61(5)9-3/h61-65,70H,7-60H2,1-6H3,(H,75,76)(H,77,78)/t61?,62?,63-,64-,65-/m1/s1. The average molecular weight is 1300 g/mol. The number of hydrogen-bond donors (Lipinski definition) is 3. The van der Waals surface area contributed by atoms with E-state index in [2.05, 4.69) is 41.5 Å². The topological polar surface area (TPSA) is 237 Å². The Morgan fingerprint density at radius 3 is 0.807 bits per heavy atom. The van der Waals surface area contributed by atoms with E-state index in [-0.39, 0.29) is 25.7 Å². The molecular formula is C69H134O17P2. The zero-order chi connectivity index (χ0) is 65.0. The molecule has 88 heavy (non-hydrogen) atoms. The van der Waals surface area contributed by atoms with Gasteiger partial charge < -0.3 is 33.8 Å². The van der Waals surface area contributed by atoms with E-state index in [1.807, 2.05) is 0 Å². The highest BCUT2D eigenvalue weighted by Crippen LogP contribution is 2.45. The van der Waals surface area contributed by atoms with Gasteiger partial charge in [0.1, 0.15) is 19.3 Å². The minimum absolute atomic E-state index is 0.102. The smallest absolute Gasteiger partial charge is 0.462 e. The first-order chi connectivity index (χ1) is 42.4. The van der Waals surface area contributed by atoms with Crippen LogP contribution in [0.15, 0.2) is 0 Å². The van der Waals surface area contributed by atoms with Crippen LogP contribution in [-0.2, 0) is 65.4 Å². The van der Waals surface area contributed by atoms with E-state index in [1.165, 1.54) is 161 Å². The molecule has 0 amide bonds. The van der Waals surface area contributed by atoms with Crippen LogP contribution in [-0.4, -0.2) is 96.7 Å². The Kier molecular flexibility index (Phi) is 59.9. The highest BCUT2D eigenvalue weighted by Gasteiger charge is 2.30. The molecule has 0 aromatic rings. The van der Waals surface area contributed by atoms with Crippen molar-refractivity contribution >= 4 is 39.5 Å². The van der Waals surface area contributed by atoms with E-state index in [0.717, 1.165) is 108 Å². The molecule has 0 aliphatic heterocycles. The number of carbonyl (C=O) groups is 4. The number of carbonyl (C=O) groups excluding carboxylic acids is 4. The van der Waals surface area contributed by atoms with Gasteiger partial charge in [0, 0.05) is 25.7 Å². The van der Waals surface area contributed by atoms with Gasteiger partial charge in [-0.05, 0) is 37.5 Å². The maximum Gasteiger partial charge on any atom is 0.472 e. The van der Waals surface area contributed by atoms with Crippen LogP contribution >= 0.6 is 15.6 Å². The molecule has 522 valence electrons. The van der Waals surface area contributed by atoms with E-state index in [9.17, 15) is 43.2 Å². The average Bonchev–Trinajstić information content (AvgIpc) is 3.63. The molecule has 0 saturated heterocycles. The highest BCUT2D eigenvalue weighted by molar-refractivity contribution is 7.47. The van der Waals surface area contributed by atoms with Crippen LogP contribution < -0.4 is 0 Å². The predicted molar refractivity (Wildman–Crippen MR) is 354 cm³/mol. The monoisotopic (exact) mass is 1300 g/mol. The summed E-state index contributed by atoms with van der Waals surface area (Å²) in [4.78, 5) is 72.5. The number of rotatable bonds is 68. The lowest BCUT2D eigenvalue weighted by molar-refractivity contribution is -0.161. The van der Waals surface area contributed by atoms with Gasteiger partial charge in [-0.1, -0.05) is 298 Å². The van der Waals surface area contributed by atoms with Crippen molar-refractivity contribution in [1.29, 1.82) is 0 Å². The van der Waals surface area contributed by atoms with E-state index in [1.54, 1.807) is 0 Å². The van der Waals surface area contributed by atoms with Crippen LogP contribution in [0.25, 0.3) is 0 Å². The largest absolute Gasteiger partial charge is 0.472 e. The lowest BCUT2D eigenvalue weighted by Gasteiger charge is -2.21. The van der Waals surface area contributed by atoms with E-state index >= 15 is 0 Å². The van der Waals surface area contributed by atoms with E-state index in [4.69, 9.17) is 37.0 Å². The Labute approximate surface area is 537 Å². The van der Waals surface area contributed by atoms with Gasteiger partial charge in [-0.2, -0.15) is 0 Å². The van der Waals surface area contributed by atoms with Crippen molar-refractivity contribution in [2.45, 2.75) is 368 Å². The number of hydrogen-bond acceptors (Lipinski definition) is 15. The summed E-state index contributed by atoms with van der Waals surface area (Å²) in [5, 5.41) is 10.6. The molecule has 0 aromatic carbocycles. The fourth-order valence-corrected chi connectivity index (χ4v) is 11.9. The molecule has 19 heteroatoms. The highest BCUT2D eigenvalue weighted by atomic mass is 31.2. The van der Waals surface area contributed by atoms with Gasteiger partial charge in [0.25, 0.3) is 0 Å². The van der Waals surface area contributed by atoms with Gasteiger partial charge in [-0.15, -0.1) is 0 Å². The third kappa shape index (κ3) is 60.3. The number of phosphoric ester groups is 2. The summed E-state index contributed by atoms with van der Waals surface area (Å²) < 4.78 is 68.2. The summed E-state index contributed by atoms with van der Waals surface area (Å²) in [6.07, 6.45) is 45.8. The van der Waals surface area contributed by atoms with Crippen LogP contribution in [0.2, 0.25) is 0 Å². The van der Waals surface area contributed by atoms with Gasteiger partial charge in [-0.3, -0.25) is 37.3 Å². The minimum Gasteiger partial charge on any atom is -0.462 e. The van der Waals surface area contributed by atoms with Crippen molar-refractivity contribution in [2.75, 3.05) is 39.6 Å². The molecule has 0 radical (unpaired) electrons. The number of ether oxygens (including phenoxy) is 4. The van der Waals surface area contributed by atoms with E-state index in [0.29, 0.717) is 25.7 Å². The van der Waals surface area contributed by atoms with Crippen molar-refractivity contribution < 1.29 is 80.2 Å². The lowest BCUT2D eigenvalue weighted by Crippen LogP contribution is -2.30. The van der Waals surface area contributed by atoms with Crippen molar-refractivity contribution in [1.82, 2.24) is 0 Å². The maximum atomic E-state index is 13.0. The molecule has 0 aliphatic rings. The molecule has 4 unspecified atom stereocenters. The van der Waals surface area contributed by atoms with Crippen LogP contribution in [0.4, 0.5) is 0 Å². The van der Waals surface area contributed by atoms with Crippen LogP contribution in [0.5, 0.6) is 0 Å². The number of phosphoric acid groups is 2. The number of unbranched alkanes of at least 4 members (excludes halogenated alkanes) is 36. The molecule has 0 aromatic heterocycles. The first-order valence-electron chi connectivity index (χ1n) is 36.1. The summed E-state index contributed by atoms with van der Waals surface area (Å²) in [7, 11) is -9.90. The Hall–Kier alpha value is -1.94. The number of esters is 4. The normalized spacial score (nSPS) is 14.8. The summed E-state index contributed by atoms with van der Waals surface area (Å²) in [6.45, 7) is 9.46. The third-order valence-electron chi connectivity index (χ3n) is 16.7. The third-order valence-corrected chi connectivity index (χ3v) is 18.6. The number of aliphatic hydroxyl groups is 1. The molecule has 3 N–H and O–H groups in total. The second kappa shape index (κ2) is 61.3. The zero-order valence-corrected chi connectivity index (χ0v) is 58.8.